The number of allylic oxidation sites excluding steroid dienone is 8. The molecule has 106 valence electrons. The second-order valence-corrected chi connectivity index (χ2v) is 4.86. The van der Waals surface area contributed by atoms with E-state index in [1.807, 2.05) is 0 Å². The van der Waals surface area contributed by atoms with Crippen molar-refractivity contribution in [1.82, 2.24) is 0 Å². The summed E-state index contributed by atoms with van der Waals surface area (Å²) in [5.74, 6) is 0. The maximum atomic E-state index is 2.30. The van der Waals surface area contributed by atoms with Gasteiger partial charge in [-0.15, -0.1) is 0 Å². The van der Waals surface area contributed by atoms with Crippen molar-refractivity contribution in [2.24, 2.45) is 0 Å². The second kappa shape index (κ2) is 7.69. The highest BCUT2D eigenvalue weighted by Gasteiger charge is 2.14. The van der Waals surface area contributed by atoms with Gasteiger partial charge < -0.3 is 0 Å². The van der Waals surface area contributed by atoms with Crippen LogP contribution in [0.5, 0.6) is 0 Å². The SMILES string of the molecule is C.C.C1=CCCC(C2=C(c3ccccc3)C=CCC2)=C1. The molecule has 0 atom stereocenters. The van der Waals surface area contributed by atoms with E-state index in [0.717, 1.165) is 0 Å². The molecule has 0 N–H and O–H groups in total. The molecule has 2 aliphatic rings. The fourth-order valence-electron chi connectivity index (χ4n) is 2.74. The van der Waals surface area contributed by atoms with Crippen molar-refractivity contribution in [3.8, 4) is 0 Å². The third-order valence-corrected chi connectivity index (χ3v) is 3.66. The molecule has 0 heteroatoms. The van der Waals surface area contributed by atoms with Gasteiger partial charge in [0.25, 0.3) is 0 Å². The van der Waals surface area contributed by atoms with Crippen molar-refractivity contribution in [3.63, 3.8) is 0 Å². The minimum atomic E-state index is 0. The smallest absolute Gasteiger partial charge is 0.0152 e. The van der Waals surface area contributed by atoms with Crippen molar-refractivity contribution in [1.29, 1.82) is 0 Å². The van der Waals surface area contributed by atoms with Crippen LogP contribution in [0.3, 0.4) is 0 Å². The zero-order valence-electron chi connectivity index (χ0n) is 10.6. The van der Waals surface area contributed by atoms with Crippen LogP contribution in [0.15, 0.2) is 71.9 Å². The fraction of sp³-hybridized carbons (Fsp3) is 0.300. The third-order valence-electron chi connectivity index (χ3n) is 3.66. The van der Waals surface area contributed by atoms with Crippen LogP contribution in [0.2, 0.25) is 0 Å². The Morgan fingerprint density at radius 2 is 1.55 bits per heavy atom. The molecule has 0 radical (unpaired) electrons. The lowest BCUT2D eigenvalue weighted by Gasteiger charge is -2.20. The molecule has 1 aromatic rings. The largest absolute Gasteiger partial charge is 0.0842 e. The van der Waals surface area contributed by atoms with E-state index < -0.39 is 0 Å². The summed E-state index contributed by atoms with van der Waals surface area (Å²) in [5.41, 5.74) is 5.84. The number of hydrogen-bond acceptors (Lipinski definition) is 0. The molecular weight excluding hydrogens is 240 g/mol. The molecule has 1 aromatic carbocycles. The van der Waals surface area contributed by atoms with Crippen molar-refractivity contribution < 1.29 is 0 Å². The fourth-order valence-corrected chi connectivity index (χ4v) is 2.74. The van der Waals surface area contributed by atoms with Crippen molar-refractivity contribution in [2.45, 2.75) is 40.5 Å². The normalized spacial score (nSPS) is 17.1. The van der Waals surface area contributed by atoms with E-state index in [4.69, 9.17) is 0 Å². The van der Waals surface area contributed by atoms with Gasteiger partial charge in [0.1, 0.15) is 0 Å². The molecule has 0 fully saturated rings. The minimum Gasteiger partial charge on any atom is -0.0842 e. The molecule has 0 nitrogen and oxygen atoms in total. The van der Waals surface area contributed by atoms with E-state index >= 15 is 0 Å². The molecule has 0 aliphatic heterocycles. The Labute approximate surface area is 124 Å². The van der Waals surface area contributed by atoms with Crippen LogP contribution in [0, 0.1) is 0 Å². The Morgan fingerprint density at radius 3 is 2.25 bits per heavy atom. The van der Waals surface area contributed by atoms with Crippen molar-refractivity contribution in [3.05, 3.63) is 77.4 Å². The van der Waals surface area contributed by atoms with Gasteiger partial charge in [0.2, 0.25) is 0 Å². The van der Waals surface area contributed by atoms with Gasteiger partial charge in [-0.2, -0.15) is 0 Å². The molecule has 0 saturated heterocycles. The van der Waals surface area contributed by atoms with Crippen molar-refractivity contribution >= 4 is 5.57 Å². The van der Waals surface area contributed by atoms with Gasteiger partial charge in [0.15, 0.2) is 0 Å². The quantitative estimate of drug-likeness (QED) is 0.586. The highest BCUT2D eigenvalue weighted by atomic mass is 14.2. The van der Waals surface area contributed by atoms with Gasteiger partial charge >= 0.3 is 0 Å². The highest BCUT2D eigenvalue weighted by Crippen LogP contribution is 2.34. The van der Waals surface area contributed by atoms with Crippen LogP contribution >= 0.6 is 0 Å². The molecular formula is C20H26. The summed E-state index contributed by atoms with van der Waals surface area (Å²) in [6.45, 7) is 0. The first-order valence-electron chi connectivity index (χ1n) is 6.76. The molecule has 0 unspecified atom stereocenters. The minimum absolute atomic E-state index is 0. The van der Waals surface area contributed by atoms with Gasteiger partial charge in [0.05, 0.1) is 0 Å². The van der Waals surface area contributed by atoms with E-state index in [0.29, 0.717) is 0 Å². The van der Waals surface area contributed by atoms with Crippen molar-refractivity contribution in [2.75, 3.05) is 0 Å². The predicted octanol–water partition coefficient (Wildman–Crippen LogP) is 6.34. The molecule has 3 rings (SSSR count). The van der Waals surface area contributed by atoms with Gasteiger partial charge in [-0.1, -0.05) is 75.6 Å². The van der Waals surface area contributed by atoms with Crippen LogP contribution in [-0.4, -0.2) is 0 Å². The zero-order valence-corrected chi connectivity index (χ0v) is 10.6. The lowest BCUT2D eigenvalue weighted by atomic mass is 9.85. The Morgan fingerprint density at radius 1 is 0.800 bits per heavy atom. The molecule has 0 aromatic heterocycles. The summed E-state index contributed by atoms with van der Waals surface area (Å²) in [6.07, 6.45) is 16.1. The van der Waals surface area contributed by atoms with E-state index in [9.17, 15) is 0 Å². The van der Waals surface area contributed by atoms with Crippen LogP contribution < -0.4 is 0 Å². The Kier molecular flexibility index (Phi) is 6.24. The van der Waals surface area contributed by atoms with Gasteiger partial charge in [-0.3, -0.25) is 0 Å². The molecule has 0 spiro atoms. The van der Waals surface area contributed by atoms with E-state index in [1.165, 1.54) is 42.4 Å². The maximum absolute atomic E-state index is 2.30. The first-order chi connectivity index (χ1) is 8.95. The van der Waals surface area contributed by atoms with E-state index in [1.54, 1.807) is 5.57 Å². The first-order valence-corrected chi connectivity index (χ1v) is 6.76. The lowest BCUT2D eigenvalue weighted by molar-refractivity contribution is 0.902. The summed E-state index contributed by atoms with van der Waals surface area (Å²) >= 11 is 0. The predicted molar refractivity (Wildman–Crippen MR) is 91.7 cm³/mol. The van der Waals surface area contributed by atoms with Gasteiger partial charge in [-0.05, 0) is 48.0 Å². The summed E-state index contributed by atoms with van der Waals surface area (Å²) in [5, 5.41) is 0. The Balaban J connectivity index is 0.000001000. The summed E-state index contributed by atoms with van der Waals surface area (Å²) in [7, 11) is 0. The van der Waals surface area contributed by atoms with Crippen LogP contribution in [0.4, 0.5) is 0 Å². The average molecular weight is 266 g/mol. The summed E-state index contributed by atoms with van der Waals surface area (Å²) in [6, 6.07) is 10.8. The summed E-state index contributed by atoms with van der Waals surface area (Å²) in [4.78, 5) is 0. The van der Waals surface area contributed by atoms with Crippen LogP contribution in [0.1, 0.15) is 46.1 Å². The Hall–Kier alpha value is -1.82. The topological polar surface area (TPSA) is 0 Å². The van der Waals surface area contributed by atoms with Crippen LogP contribution in [0.25, 0.3) is 5.57 Å². The monoisotopic (exact) mass is 266 g/mol. The van der Waals surface area contributed by atoms with Gasteiger partial charge in [-0.25, -0.2) is 0 Å². The van der Waals surface area contributed by atoms with E-state index in [-0.39, 0.29) is 14.9 Å². The summed E-state index contributed by atoms with van der Waals surface area (Å²) < 4.78 is 0. The maximum Gasteiger partial charge on any atom is -0.0152 e. The van der Waals surface area contributed by atoms with Crippen LogP contribution in [-0.2, 0) is 0 Å². The van der Waals surface area contributed by atoms with E-state index in [2.05, 4.69) is 60.7 Å². The standard InChI is InChI=1S/C18H18.2CH4/c1-3-9-15(10-4-1)17-13-7-8-14-18(17)16-11-5-2-6-12-16;;/h1-5,7,9-11,13H,6,8,12,14H2;2*1H4. The zero-order chi connectivity index (χ0) is 12.2. The van der Waals surface area contributed by atoms with Gasteiger partial charge in [0, 0.05) is 0 Å². The average Bonchev–Trinajstić information content (AvgIpc) is 2.49. The first kappa shape index (κ1) is 16.2. The second-order valence-electron chi connectivity index (χ2n) is 4.86. The molecule has 2 aliphatic carbocycles. The Bertz CT molecular complexity index is 539. The lowest BCUT2D eigenvalue weighted by Crippen LogP contribution is -2.00. The third kappa shape index (κ3) is 3.39. The molecule has 0 bridgehead atoms. The molecule has 20 heavy (non-hydrogen) atoms. The number of rotatable bonds is 2. The molecule has 0 heterocycles. The highest BCUT2D eigenvalue weighted by molar-refractivity contribution is 5.80. The molecule has 0 saturated carbocycles. The number of benzene rings is 1. The molecule has 0 amide bonds. The number of hydrogen-bond donors (Lipinski definition) is 0.